The second kappa shape index (κ2) is 27.8. The highest BCUT2D eigenvalue weighted by Crippen LogP contribution is 2.35. The van der Waals surface area contributed by atoms with E-state index in [1.807, 2.05) is 24.3 Å². The summed E-state index contributed by atoms with van der Waals surface area (Å²) in [7, 11) is 1.71. The minimum atomic E-state index is -0.792. The molecule has 8 rings (SSSR count). The van der Waals surface area contributed by atoms with E-state index in [9.17, 15) is 33.6 Å². The molecular formula is C60H89N9O7. The number of likely N-dealkylation sites (tertiary alicyclic amines) is 2. The van der Waals surface area contributed by atoms with Crippen LogP contribution in [0.5, 0.6) is 0 Å². The van der Waals surface area contributed by atoms with E-state index in [1.165, 1.54) is 11.1 Å². The number of amides is 7. The van der Waals surface area contributed by atoms with E-state index >= 15 is 0 Å². The largest absolute Gasteiger partial charge is 0.351 e. The van der Waals surface area contributed by atoms with Crippen molar-refractivity contribution >= 4 is 41.4 Å². The average Bonchev–Trinajstić information content (AvgIpc) is 4.07. The number of carbonyl (C=O) groups excluding carboxylic acids is 7. The van der Waals surface area contributed by atoms with Crippen LogP contribution in [0, 0.1) is 11.8 Å². The molecule has 0 spiro atoms. The zero-order chi connectivity index (χ0) is 53.6. The van der Waals surface area contributed by atoms with Gasteiger partial charge in [0.2, 0.25) is 41.4 Å². The van der Waals surface area contributed by atoms with Gasteiger partial charge in [0.1, 0.15) is 18.1 Å². The molecule has 2 aromatic rings. The summed E-state index contributed by atoms with van der Waals surface area (Å²) in [5.41, 5.74) is 11.4. The molecule has 0 bridgehead atoms. The Labute approximate surface area is 451 Å². The summed E-state index contributed by atoms with van der Waals surface area (Å²) in [5.74, 6) is -1.27. The summed E-state index contributed by atoms with van der Waals surface area (Å²) in [5, 5.41) is 18.9. The third-order valence-corrected chi connectivity index (χ3v) is 17.9. The van der Waals surface area contributed by atoms with Crippen molar-refractivity contribution in [1.82, 2.24) is 41.7 Å². The summed E-state index contributed by atoms with van der Waals surface area (Å²) in [4.78, 5) is 101. The fraction of sp³-hybridized carbons (Fsp3) is 0.683. The molecule has 4 aliphatic carbocycles. The van der Waals surface area contributed by atoms with Gasteiger partial charge >= 0.3 is 0 Å². The van der Waals surface area contributed by atoms with Gasteiger partial charge in [0.15, 0.2) is 0 Å². The number of benzene rings is 2. The average molecular weight is 1050 g/mol. The van der Waals surface area contributed by atoms with Gasteiger partial charge in [-0.1, -0.05) is 113 Å². The van der Waals surface area contributed by atoms with Crippen molar-refractivity contribution in [2.24, 2.45) is 17.6 Å². The molecule has 4 fully saturated rings. The number of nitrogens with one attached hydrogen (secondary N) is 6. The fourth-order valence-electron chi connectivity index (χ4n) is 13.4. The molecule has 16 heteroatoms. The van der Waals surface area contributed by atoms with Crippen molar-refractivity contribution in [3.8, 4) is 0 Å². The van der Waals surface area contributed by atoms with Gasteiger partial charge in [-0.05, 0) is 138 Å². The Kier molecular flexibility index (Phi) is 20.8. The van der Waals surface area contributed by atoms with Gasteiger partial charge in [0.05, 0.1) is 24.2 Å². The number of hydrogen-bond acceptors (Lipinski definition) is 9. The maximum absolute atomic E-state index is 14.7. The van der Waals surface area contributed by atoms with Gasteiger partial charge in [0.25, 0.3) is 0 Å². The Bertz CT molecular complexity index is 2320. The molecule has 416 valence electrons. The molecule has 0 unspecified atom stereocenters. The lowest BCUT2D eigenvalue weighted by atomic mass is 9.83. The smallest absolute Gasteiger partial charge is 0.246 e. The Morgan fingerprint density at radius 1 is 0.553 bits per heavy atom. The second-order valence-electron chi connectivity index (χ2n) is 23.3. The van der Waals surface area contributed by atoms with Gasteiger partial charge < -0.3 is 47.4 Å². The third kappa shape index (κ3) is 14.8. The predicted octanol–water partition coefficient (Wildman–Crippen LogP) is 6.25. The lowest BCUT2D eigenvalue weighted by molar-refractivity contribution is -0.143. The first-order chi connectivity index (χ1) is 36.9. The van der Waals surface area contributed by atoms with Crippen LogP contribution in [-0.4, -0.2) is 114 Å². The van der Waals surface area contributed by atoms with Crippen molar-refractivity contribution in [1.29, 1.82) is 0 Å². The molecule has 0 radical (unpaired) electrons. The van der Waals surface area contributed by atoms with Gasteiger partial charge in [-0.15, -0.1) is 0 Å². The lowest BCUT2D eigenvalue weighted by Gasteiger charge is -2.35. The lowest BCUT2D eigenvalue weighted by Crippen LogP contribution is -2.58. The van der Waals surface area contributed by atoms with Gasteiger partial charge in [-0.2, -0.15) is 0 Å². The number of fused-ring (bicyclic) bond motifs is 2. The first-order valence-electron chi connectivity index (χ1n) is 29.6. The number of aryl methyl sites for hydroxylation is 2. The van der Waals surface area contributed by atoms with E-state index in [-0.39, 0.29) is 84.4 Å². The van der Waals surface area contributed by atoms with Crippen molar-refractivity contribution < 1.29 is 33.6 Å². The van der Waals surface area contributed by atoms with E-state index < -0.39 is 36.3 Å². The van der Waals surface area contributed by atoms with Crippen LogP contribution in [0.2, 0.25) is 0 Å². The Morgan fingerprint density at radius 3 is 1.49 bits per heavy atom. The van der Waals surface area contributed by atoms with Crippen LogP contribution in [-0.2, 0) is 46.4 Å². The van der Waals surface area contributed by atoms with Crippen LogP contribution in [0.1, 0.15) is 195 Å². The van der Waals surface area contributed by atoms with E-state index in [2.05, 4.69) is 56.2 Å². The summed E-state index contributed by atoms with van der Waals surface area (Å²) >= 11 is 0. The van der Waals surface area contributed by atoms with Gasteiger partial charge in [-0.3, -0.25) is 33.6 Å². The third-order valence-electron chi connectivity index (χ3n) is 17.9. The molecule has 16 nitrogen and oxygen atoms in total. The van der Waals surface area contributed by atoms with E-state index in [4.69, 9.17) is 5.73 Å². The molecule has 8 N–H and O–H groups in total. The number of rotatable bonds is 22. The molecule has 2 aliphatic heterocycles. The monoisotopic (exact) mass is 1050 g/mol. The van der Waals surface area contributed by atoms with E-state index in [1.54, 1.807) is 23.8 Å². The minimum absolute atomic E-state index is 0.0362. The highest BCUT2D eigenvalue weighted by molar-refractivity contribution is 5.94. The van der Waals surface area contributed by atoms with Crippen molar-refractivity contribution in [3.05, 3.63) is 70.8 Å². The summed E-state index contributed by atoms with van der Waals surface area (Å²) < 4.78 is 0. The Balaban J connectivity index is 0.786. The zero-order valence-electron chi connectivity index (χ0n) is 45.6. The molecule has 76 heavy (non-hydrogen) atoms. The first-order valence-corrected chi connectivity index (χ1v) is 29.6. The van der Waals surface area contributed by atoms with Crippen molar-refractivity contribution in [3.63, 3.8) is 0 Å². The molecule has 7 amide bonds. The molecule has 2 saturated heterocycles. The minimum Gasteiger partial charge on any atom is -0.351 e. The number of nitrogens with two attached hydrogens (primary N) is 1. The highest BCUT2D eigenvalue weighted by Gasteiger charge is 2.46. The number of nitrogens with zero attached hydrogens (tertiary/aromatic N) is 2. The second-order valence-corrected chi connectivity index (χ2v) is 23.3. The fourth-order valence-corrected chi connectivity index (χ4v) is 13.4. The van der Waals surface area contributed by atoms with Crippen LogP contribution < -0.4 is 37.6 Å². The van der Waals surface area contributed by atoms with Crippen LogP contribution >= 0.6 is 0 Å². The molecule has 9 atom stereocenters. The Hall–Kier alpha value is -5.35. The standard InChI is InChI=1S/C60H89N9O7/c1-39(62-2)56(72)67-55(43-25-11-8-12-26-43)60(76)69-38-45(36-51(69)58(74)66-49-32-20-28-41-22-16-18-30-47(41)49)64-53(71)34-14-6-4-3-5-13-33-52(70)63-44-35-50(68(37-44)59(75)54(61)42-23-9-7-10-24-42)57(73)65-48-31-19-27-40-21-15-17-29-46(40)48/h15-18,21-22,29-30,39,42-45,48-51,54-55,62H,3-14,19-20,23-28,31-38,61H2,1-2H3,(H,63,70)(H,64,71)(H,65,73)(H,66,74)(H,67,72)/t39-,44-,45-,48+,49+,50-,51-,54-,55-/m0/s1. The predicted molar refractivity (Wildman–Crippen MR) is 293 cm³/mol. The molecular weight excluding hydrogens is 959 g/mol. The summed E-state index contributed by atoms with van der Waals surface area (Å²) in [6.45, 7) is 2.22. The Morgan fingerprint density at radius 2 is 1.00 bits per heavy atom. The van der Waals surface area contributed by atoms with E-state index in [0.29, 0.717) is 38.5 Å². The highest BCUT2D eigenvalue weighted by atomic mass is 16.2. The van der Waals surface area contributed by atoms with Gasteiger partial charge in [0, 0.05) is 38.0 Å². The van der Waals surface area contributed by atoms with Crippen LogP contribution in [0.4, 0.5) is 0 Å². The number of carbonyl (C=O) groups is 7. The normalized spacial score (nSPS) is 25.0. The van der Waals surface area contributed by atoms with Crippen LogP contribution in [0.15, 0.2) is 48.5 Å². The van der Waals surface area contributed by atoms with Gasteiger partial charge in [-0.25, -0.2) is 0 Å². The van der Waals surface area contributed by atoms with Crippen LogP contribution in [0.25, 0.3) is 0 Å². The number of hydrogen-bond donors (Lipinski definition) is 7. The number of unbranched alkanes of at least 4 members (excludes halogenated alkanes) is 5. The van der Waals surface area contributed by atoms with Crippen molar-refractivity contribution in [2.75, 3.05) is 20.1 Å². The molecule has 0 aromatic heterocycles. The van der Waals surface area contributed by atoms with E-state index in [0.717, 1.165) is 140 Å². The molecule has 2 aromatic carbocycles. The zero-order valence-corrected chi connectivity index (χ0v) is 45.6. The SMILES string of the molecule is CN[C@@H](C)C(=O)N[C@H](C(=O)N1C[C@@H](NC(=O)CCCCCCCCC(=O)N[C@H]2C[C@@H](C(=O)N[C@@H]3CCCc4ccccc43)N(C(=O)[C@@H](N)C3CCCCC3)C2)C[C@H]1C(=O)N[C@@H]1CCCc2ccccc21)C1CCCCC1. The summed E-state index contributed by atoms with van der Waals surface area (Å²) in [6, 6.07) is 12.0. The van der Waals surface area contributed by atoms with Crippen LogP contribution in [0.3, 0.4) is 0 Å². The number of likely N-dealkylation sites (N-methyl/N-ethyl adjacent to an activating group) is 1. The molecule has 2 saturated carbocycles. The molecule has 2 heterocycles. The quantitative estimate of drug-likeness (QED) is 0.0662. The maximum atomic E-state index is 14.7. The first kappa shape index (κ1) is 56.8. The maximum Gasteiger partial charge on any atom is 0.246 e. The summed E-state index contributed by atoms with van der Waals surface area (Å²) in [6.07, 6.45) is 21.6. The molecule has 6 aliphatic rings. The topological polar surface area (TPSA) is 224 Å². The van der Waals surface area contributed by atoms with Crippen molar-refractivity contribution in [2.45, 2.75) is 228 Å².